The van der Waals surface area contributed by atoms with Crippen LogP contribution in [0.5, 0.6) is 0 Å². The Hall–Kier alpha value is -0.440. The highest BCUT2D eigenvalue weighted by atomic mass is 14.0. The van der Waals surface area contributed by atoms with Gasteiger partial charge in [0.25, 0.3) is 0 Å². The van der Waals surface area contributed by atoms with Gasteiger partial charge in [-0.05, 0) is 12.8 Å². The van der Waals surface area contributed by atoms with Crippen molar-refractivity contribution in [2.24, 2.45) is 5.92 Å². The van der Waals surface area contributed by atoms with Crippen molar-refractivity contribution in [1.82, 2.24) is 0 Å². The summed E-state index contributed by atoms with van der Waals surface area (Å²) in [5, 5.41) is 0. The predicted octanol–water partition coefficient (Wildman–Crippen LogP) is 6.35. The van der Waals surface area contributed by atoms with Gasteiger partial charge < -0.3 is 0 Å². The van der Waals surface area contributed by atoms with E-state index in [-0.39, 0.29) is 0 Å². The molecule has 18 heavy (non-hydrogen) atoms. The van der Waals surface area contributed by atoms with Crippen LogP contribution < -0.4 is 0 Å². The third-order valence-electron chi connectivity index (χ3n) is 3.49. The second-order valence-electron chi connectivity index (χ2n) is 5.59. The molecule has 0 fully saturated rings. The summed E-state index contributed by atoms with van der Waals surface area (Å²) in [6.07, 6.45) is 16.1. The summed E-state index contributed by atoms with van der Waals surface area (Å²) < 4.78 is 0. The first-order valence-electron chi connectivity index (χ1n) is 8.29. The molecule has 0 saturated carbocycles. The molecule has 0 aromatic rings. The lowest BCUT2D eigenvalue weighted by Gasteiger charge is -2.02. The summed E-state index contributed by atoms with van der Waals surface area (Å²) in [5.41, 5.74) is 0. The van der Waals surface area contributed by atoms with Crippen LogP contribution in [0.15, 0.2) is 0 Å². The molecule has 0 radical (unpaired) electrons. The van der Waals surface area contributed by atoms with Gasteiger partial charge in [-0.2, -0.15) is 0 Å². The van der Waals surface area contributed by atoms with E-state index in [2.05, 4.69) is 32.6 Å². The lowest BCUT2D eigenvalue weighted by molar-refractivity contribution is 0.571. The first-order valence-corrected chi connectivity index (χ1v) is 8.29. The molecule has 0 rings (SSSR count). The molecule has 0 aliphatic heterocycles. The highest BCUT2D eigenvalue weighted by molar-refractivity contribution is 5.02. The Bertz CT molecular complexity index is 206. The van der Waals surface area contributed by atoms with Gasteiger partial charge in [-0.15, -0.1) is 11.8 Å². The maximum atomic E-state index is 3.41. The average Bonchev–Trinajstić information content (AvgIpc) is 2.38. The van der Waals surface area contributed by atoms with E-state index in [4.69, 9.17) is 0 Å². The molecule has 0 bridgehead atoms. The van der Waals surface area contributed by atoms with Crippen LogP contribution >= 0.6 is 0 Å². The van der Waals surface area contributed by atoms with E-state index in [9.17, 15) is 0 Å². The van der Waals surface area contributed by atoms with Crippen molar-refractivity contribution in [2.45, 2.75) is 97.8 Å². The van der Waals surface area contributed by atoms with E-state index in [0.717, 1.165) is 6.42 Å². The number of rotatable bonds is 11. The van der Waals surface area contributed by atoms with Gasteiger partial charge in [-0.1, -0.05) is 78.6 Å². The largest absolute Gasteiger partial charge is 0.103 e. The van der Waals surface area contributed by atoms with Crippen molar-refractivity contribution < 1.29 is 0 Å². The van der Waals surface area contributed by atoms with Gasteiger partial charge in [0.1, 0.15) is 0 Å². The SMILES string of the molecule is CCCCCCCCC#CC(C)CCCCCC. The maximum Gasteiger partial charge on any atom is 0.0174 e. The van der Waals surface area contributed by atoms with Gasteiger partial charge >= 0.3 is 0 Å². The molecule has 0 heteroatoms. The van der Waals surface area contributed by atoms with Gasteiger partial charge in [0, 0.05) is 12.3 Å². The van der Waals surface area contributed by atoms with Gasteiger partial charge in [0.05, 0.1) is 0 Å². The minimum absolute atomic E-state index is 0.613. The Morgan fingerprint density at radius 3 is 1.94 bits per heavy atom. The van der Waals surface area contributed by atoms with Crippen LogP contribution in [0.3, 0.4) is 0 Å². The van der Waals surface area contributed by atoms with E-state index in [1.54, 1.807) is 0 Å². The number of hydrogen-bond donors (Lipinski definition) is 0. The number of unbranched alkanes of at least 4 members (excludes halogenated alkanes) is 9. The first kappa shape index (κ1) is 17.6. The molecular formula is C18H34. The van der Waals surface area contributed by atoms with Crippen molar-refractivity contribution in [3.8, 4) is 11.8 Å². The van der Waals surface area contributed by atoms with E-state index in [1.807, 2.05) is 0 Å². The van der Waals surface area contributed by atoms with Gasteiger partial charge in [0.15, 0.2) is 0 Å². The lowest BCUT2D eigenvalue weighted by Crippen LogP contribution is -1.90. The van der Waals surface area contributed by atoms with E-state index >= 15 is 0 Å². The molecule has 0 spiro atoms. The van der Waals surface area contributed by atoms with Crippen LogP contribution in [-0.4, -0.2) is 0 Å². The zero-order chi connectivity index (χ0) is 13.5. The zero-order valence-corrected chi connectivity index (χ0v) is 13.1. The summed E-state index contributed by atoms with van der Waals surface area (Å²) in [4.78, 5) is 0. The van der Waals surface area contributed by atoms with Gasteiger partial charge in [-0.25, -0.2) is 0 Å². The van der Waals surface area contributed by atoms with Crippen LogP contribution in [-0.2, 0) is 0 Å². The topological polar surface area (TPSA) is 0 Å². The average molecular weight is 250 g/mol. The molecule has 0 amide bonds. The Kier molecular flexibility index (Phi) is 14.3. The molecule has 0 aliphatic carbocycles. The summed E-state index contributed by atoms with van der Waals surface area (Å²) in [7, 11) is 0. The van der Waals surface area contributed by atoms with E-state index in [1.165, 1.54) is 70.6 Å². The molecule has 0 saturated heterocycles. The van der Waals surface area contributed by atoms with Crippen molar-refractivity contribution in [3.63, 3.8) is 0 Å². The monoisotopic (exact) mass is 250 g/mol. The molecule has 0 heterocycles. The maximum absolute atomic E-state index is 3.41. The minimum atomic E-state index is 0.613. The van der Waals surface area contributed by atoms with E-state index in [0.29, 0.717) is 5.92 Å². The lowest BCUT2D eigenvalue weighted by atomic mass is 10.0. The Morgan fingerprint density at radius 1 is 0.722 bits per heavy atom. The quantitative estimate of drug-likeness (QED) is 0.296. The Morgan fingerprint density at radius 2 is 1.28 bits per heavy atom. The second-order valence-corrected chi connectivity index (χ2v) is 5.59. The fourth-order valence-electron chi connectivity index (χ4n) is 2.19. The highest BCUT2D eigenvalue weighted by Gasteiger charge is 1.96. The standard InChI is InChI=1S/C18H34/c1-4-6-8-10-11-12-13-15-17-18(3)16-14-9-7-5-2/h18H,4-14,16H2,1-3H3. The van der Waals surface area contributed by atoms with Crippen LogP contribution in [0.2, 0.25) is 0 Å². The second kappa shape index (κ2) is 14.6. The Balaban J connectivity index is 3.29. The molecule has 0 nitrogen and oxygen atoms in total. The van der Waals surface area contributed by atoms with Crippen LogP contribution in [0.25, 0.3) is 0 Å². The smallest absolute Gasteiger partial charge is 0.0174 e. The highest BCUT2D eigenvalue weighted by Crippen LogP contribution is 2.10. The third-order valence-corrected chi connectivity index (χ3v) is 3.49. The van der Waals surface area contributed by atoms with Crippen molar-refractivity contribution in [3.05, 3.63) is 0 Å². The fraction of sp³-hybridized carbons (Fsp3) is 0.889. The van der Waals surface area contributed by atoms with E-state index < -0.39 is 0 Å². The molecule has 0 aromatic heterocycles. The predicted molar refractivity (Wildman–Crippen MR) is 83.7 cm³/mol. The molecule has 0 N–H and O–H groups in total. The molecule has 0 aliphatic rings. The van der Waals surface area contributed by atoms with Crippen LogP contribution in [0.4, 0.5) is 0 Å². The first-order chi connectivity index (χ1) is 8.81. The van der Waals surface area contributed by atoms with Crippen LogP contribution in [0.1, 0.15) is 97.8 Å². The summed E-state index contributed by atoms with van der Waals surface area (Å²) >= 11 is 0. The number of hydrogen-bond acceptors (Lipinski definition) is 0. The third kappa shape index (κ3) is 13.6. The molecule has 1 atom stereocenters. The fourth-order valence-corrected chi connectivity index (χ4v) is 2.19. The van der Waals surface area contributed by atoms with Crippen molar-refractivity contribution >= 4 is 0 Å². The normalized spacial score (nSPS) is 11.9. The molecular weight excluding hydrogens is 216 g/mol. The Labute approximate surface area is 116 Å². The minimum Gasteiger partial charge on any atom is -0.103 e. The zero-order valence-electron chi connectivity index (χ0n) is 13.1. The molecule has 0 aromatic carbocycles. The van der Waals surface area contributed by atoms with Crippen LogP contribution in [0, 0.1) is 17.8 Å². The van der Waals surface area contributed by atoms with Gasteiger partial charge in [0.2, 0.25) is 0 Å². The summed E-state index contributed by atoms with van der Waals surface area (Å²) in [5.74, 6) is 7.39. The molecule has 106 valence electrons. The van der Waals surface area contributed by atoms with Crippen molar-refractivity contribution in [1.29, 1.82) is 0 Å². The summed E-state index contributed by atoms with van der Waals surface area (Å²) in [6, 6.07) is 0. The molecule has 1 unspecified atom stereocenters. The van der Waals surface area contributed by atoms with Gasteiger partial charge in [-0.3, -0.25) is 0 Å². The summed E-state index contributed by atoms with van der Waals surface area (Å²) in [6.45, 7) is 6.82. The van der Waals surface area contributed by atoms with Crippen molar-refractivity contribution in [2.75, 3.05) is 0 Å².